The molecule has 0 radical (unpaired) electrons. The highest BCUT2D eigenvalue weighted by Crippen LogP contribution is 2.26. The third kappa shape index (κ3) is 4.03. The summed E-state index contributed by atoms with van der Waals surface area (Å²) in [5.41, 5.74) is 3.02. The minimum atomic E-state index is -3.80. The Morgan fingerprint density at radius 1 is 1.12 bits per heavy atom. The van der Waals surface area contributed by atoms with Crippen LogP contribution >= 0.6 is 11.6 Å². The minimum Gasteiger partial charge on any atom is -0.481 e. The number of fused-ring (bicyclic) bond motifs is 1. The molecule has 5 nitrogen and oxygen atoms in total. The molecule has 0 aliphatic heterocycles. The van der Waals surface area contributed by atoms with E-state index >= 15 is 0 Å². The Labute approximate surface area is 151 Å². The van der Waals surface area contributed by atoms with Gasteiger partial charge in [-0.3, -0.25) is 4.79 Å². The van der Waals surface area contributed by atoms with Crippen molar-refractivity contribution >= 4 is 27.6 Å². The standard InChI is InChI=1S/C18H18ClNO4S/c19-15-6-8-16(9-7-15)25(23,24)20-11-17(18(21)22)14-5-4-12-2-1-3-13(12)10-14/h4-10,17,20H,1-3,11H2,(H,21,22). The molecular weight excluding hydrogens is 362 g/mol. The maximum Gasteiger partial charge on any atom is 0.312 e. The van der Waals surface area contributed by atoms with Crippen molar-refractivity contribution in [3.8, 4) is 0 Å². The van der Waals surface area contributed by atoms with Gasteiger partial charge in [0.25, 0.3) is 0 Å². The maximum absolute atomic E-state index is 12.3. The quantitative estimate of drug-likeness (QED) is 0.808. The molecule has 0 amide bonds. The smallest absolute Gasteiger partial charge is 0.312 e. The molecule has 25 heavy (non-hydrogen) atoms. The van der Waals surface area contributed by atoms with Gasteiger partial charge in [0.15, 0.2) is 0 Å². The summed E-state index contributed by atoms with van der Waals surface area (Å²) < 4.78 is 27.1. The molecule has 0 spiro atoms. The lowest BCUT2D eigenvalue weighted by Crippen LogP contribution is -2.31. The van der Waals surface area contributed by atoms with Crippen molar-refractivity contribution in [1.82, 2.24) is 4.72 Å². The first-order valence-corrected chi connectivity index (χ1v) is 9.83. The van der Waals surface area contributed by atoms with Gasteiger partial charge in [-0.2, -0.15) is 0 Å². The molecule has 2 aromatic carbocycles. The Balaban J connectivity index is 1.78. The van der Waals surface area contributed by atoms with Crippen LogP contribution in [0.1, 0.15) is 29.0 Å². The Kier molecular flexibility index (Phi) is 5.13. The molecule has 1 unspecified atom stereocenters. The second-order valence-electron chi connectivity index (χ2n) is 6.08. The van der Waals surface area contributed by atoms with Crippen molar-refractivity contribution in [2.75, 3.05) is 6.54 Å². The second kappa shape index (κ2) is 7.15. The summed E-state index contributed by atoms with van der Waals surface area (Å²) in [7, 11) is -3.80. The summed E-state index contributed by atoms with van der Waals surface area (Å²) in [5, 5.41) is 9.96. The van der Waals surface area contributed by atoms with Gasteiger partial charge in [-0.1, -0.05) is 29.8 Å². The minimum absolute atomic E-state index is 0.0509. The molecule has 0 saturated carbocycles. The topological polar surface area (TPSA) is 83.5 Å². The van der Waals surface area contributed by atoms with Crippen molar-refractivity contribution in [1.29, 1.82) is 0 Å². The third-order valence-corrected chi connectivity index (χ3v) is 6.12. The van der Waals surface area contributed by atoms with Gasteiger partial charge >= 0.3 is 5.97 Å². The molecule has 1 aliphatic carbocycles. The van der Waals surface area contributed by atoms with Crippen LogP contribution in [0, 0.1) is 0 Å². The Hall–Kier alpha value is -1.89. The Morgan fingerprint density at radius 2 is 1.80 bits per heavy atom. The lowest BCUT2D eigenvalue weighted by Gasteiger charge is -2.15. The van der Waals surface area contributed by atoms with Gasteiger partial charge in [0, 0.05) is 11.6 Å². The molecule has 1 aliphatic rings. The average molecular weight is 380 g/mol. The van der Waals surface area contributed by atoms with E-state index in [-0.39, 0.29) is 11.4 Å². The first-order valence-electron chi connectivity index (χ1n) is 7.96. The molecule has 2 aromatic rings. The van der Waals surface area contributed by atoms with Gasteiger partial charge in [-0.05, 0) is 60.2 Å². The summed E-state index contributed by atoms with van der Waals surface area (Å²) in [6.45, 7) is -0.209. The number of hydrogen-bond acceptors (Lipinski definition) is 3. The number of nitrogens with one attached hydrogen (secondary N) is 1. The molecule has 3 rings (SSSR count). The van der Waals surface area contributed by atoms with E-state index in [1.165, 1.54) is 29.8 Å². The fraction of sp³-hybridized carbons (Fsp3) is 0.278. The number of aliphatic carboxylic acids is 1. The van der Waals surface area contributed by atoms with E-state index in [1.807, 2.05) is 12.1 Å². The van der Waals surface area contributed by atoms with Gasteiger partial charge in [-0.25, -0.2) is 13.1 Å². The van der Waals surface area contributed by atoms with Gasteiger partial charge in [0.2, 0.25) is 10.0 Å². The highest BCUT2D eigenvalue weighted by Gasteiger charge is 2.25. The largest absolute Gasteiger partial charge is 0.481 e. The van der Waals surface area contributed by atoms with E-state index in [9.17, 15) is 18.3 Å². The van der Waals surface area contributed by atoms with Gasteiger partial charge in [0.05, 0.1) is 10.8 Å². The van der Waals surface area contributed by atoms with Crippen LogP contribution in [0.3, 0.4) is 0 Å². The number of aryl methyl sites for hydroxylation is 2. The van der Waals surface area contributed by atoms with Crippen LogP contribution in [0.15, 0.2) is 47.4 Å². The Morgan fingerprint density at radius 3 is 2.48 bits per heavy atom. The van der Waals surface area contributed by atoms with Crippen LogP contribution in [0.25, 0.3) is 0 Å². The predicted octanol–water partition coefficient (Wildman–Crippen LogP) is 2.98. The molecule has 0 fully saturated rings. The van der Waals surface area contributed by atoms with Crippen LogP contribution in [0.5, 0.6) is 0 Å². The van der Waals surface area contributed by atoms with Crippen molar-refractivity contribution in [2.24, 2.45) is 0 Å². The molecule has 1 atom stereocenters. The van der Waals surface area contributed by atoms with E-state index in [0.717, 1.165) is 24.8 Å². The number of sulfonamides is 1. The molecule has 0 aromatic heterocycles. The zero-order valence-electron chi connectivity index (χ0n) is 13.4. The second-order valence-corrected chi connectivity index (χ2v) is 8.28. The van der Waals surface area contributed by atoms with Crippen LogP contribution in [-0.2, 0) is 27.7 Å². The fourth-order valence-corrected chi connectivity index (χ4v) is 4.22. The first kappa shape index (κ1) is 17.9. The molecule has 7 heteroatoms. The van der Waals surface area contributed by atoms with Crippen LogP contribution < -0.4 is 4.72 Å². The average Bonchev–Trinajstić information content (AvgIpc) is 3.02. The number of benzene rings is 2. The van der Waals surface area contributed by atoms with E-state index in [4.69, 9.17) is 11.6 Å². The number of halogens is 1. The highest BCUT2D eigenvalue weighted by atomic mass is 35.5. The summed E-state index contributed by atoms with van der Waals surface area (Å²) in [5.74, 6) is -2.00. The summed E-state index contributed by atoms with van der Waals surface area (Å²) in [6.07, 6.45) is 3.02. The molecule has 0 saturated heterocycles. The highest BCUT2D eigenvalue weighted by molar-refractivity contribution is 7.89. The van der Waals surface area contributed by atoms with E-state index < -0.39 is 21.9 Å². The number of carboxylic acid groups (broad SMARTS) is 1. The summed E-state index contributed by atoms with van der Waals surface area (Å²) in [6, 6.07) is 11.3. The first-order chi connectivity index (χ1) is 11.9. The van der Waals surface area contributed by atoms with Crippen molar-refractivity contribution in [3.63, 3.8) is 0 Å². The lowest BCUT2D eigenvalue weighted by molar-refractivity contribution is -0.138. The maximum atomic E-state index is 12.3. The normalized spacial score (nSPS) is 14.9. The van der Waals surface area contributed by atoms with Gasteiger partial charge in [0.1, 0.15) is 0 Å². The molecule has 0 bridgehead atoms. The van der Waals surface area contributed by atoms with E-state index in [2.05, 4.69) is 4.72 Å². The molecule has 2 N–H and O–H groups in total. The van der Waals surface area contributed by atoms with Crippen LogP contribution in [-0.4, -0.2) is 26.0 Å². The van der Waals surface area contributed by atoms with Crippen LogP contribution in [0.2, 0.25) is 5.02 Å². The SMILES string of the molecule is O=C(O)C(CNS(=O)(=O)c1ccc(Cl)cc1)c1ccc2c(c1)CCC2. The molecule has 132 valence electrons. The lowest BCUT2D eigenvalue weighted by atomic mass is 9.96. The fourth-order valence-electron chi connectivity index (χ4n) is 3.05. The number of hydrogen-bond donors (Lipinski definition) is 2. The van der Waals surface area contributed by atoms with Crippen molar-refractivity contribution in [2.45, 2.75) is 30.1 Å². The Bertz CT molecular complexity index is 894. The zero-order valence-corrected chi connectivity index (χ0v) is 15.0. The molecular formula is C18H18ClNO4S. The zero-order chi connectivity index (χ0) is 18.0. The van der Waals surface area contributed by atoms with Gasteiger partial charge in [-0.15, -0.1) is 0 Å². The van der Waals surface area contributed by atoms with E-state index in [0.29, 0.717) is 10.6 Å². The monoisotopic (exact) mass is 379 g/mol. The third-order valence-electron chi connectivity index (χ3n) is 4.42. The number of carbonyl (C=O) groups is 1. The molecule has 0 heterocycles. The summed E-state index contributed by atoms with van der Waals surface area (Å²) >= 11 is 5.76. The number of rotatable bonds is 6. The summed E-state index contributed by atoms with van der Waals surface area (Å²) in [4.78, 5) is 11.7. The number of carboxylic acids is 1. The predicted molar refractivity (Wildman–Crippen MR) is 95.5 cm³/mol. The van der Waals surface area contributed by atoms with Gasteiger partial charge < -0.3 is 5.11 Å². The van der Waals surface area contributed by atoms with Crippen molar-refractivity contribution < 1.29 is 18.3 Å². The van der Waals surface area contributed by atoms with Crippen molar-refractivity contribution in [3.05, 3.63) is 64.2 Å². The van der Waals surface area contributed by atoms with E-state index in [1.54, 1.807) is 6.07 Å². The van der Waals surface area contributed by atoms with Crippen LogP contribution in [0.4, 0.5) is 0 Å².